The zero-order valence-corrected chi connectivity index (χ0v) is 24.9. The highest BCUT2D eigenvalue weighted by molar-refractivity contribution is 5.91. The molecule has 1 unspecified atom stereocenters. The van der Waals surface area contributed by atoms with Crippen LogP contribution in [-0.2, 0) is 38.5 Å². The molecule has 1 aliphatic rings. The Morgan fingerprint density at radius 3 is 2.69 bits per heavy atom. The molecule has 1 fully saturated rings. The summed E-state index contributed by atoms with van der Waals surface area (Å²) in [7, 11) is 3.32. The van der Waals surface area contributed by atoms with Crippen molar-refractivity contribution in [2.45, 2.75) is 71.1 Å². The minimum absolute atomic E-state index is 0.130. The van der Waals surface area contributed by atoms with E-state index in [2.05, 4.69) is 30.2 Å². The van der Waals surface area contributed by atoms with E-state index in [0.29, 0.717) is 43.2 Å². The molecule has 0 radical (unpaired) electrons. The van der Waals surface area contributed by atoms with Gasteiger partial charge in [0.05, 0.1) is 23.6 Å². The number of H-pyrrole nitrogens is 1. The molecule has 2 aromatic heterocycles. The van der Waals surface area contributed by atoms with Gasteiger partial charge in [-0.1, -0.05) is 38.1 Å². The molecule has 0 bridgehead atoms. The third-order valence-corrected chi connectivity index (χ3v) is 7.31. The summed E-state index contributed by atoms with van der Waals surface area (Å²) in [5, 5.41) is 2.83. The lowest BCUT2D eigenvalue weighted by molar-refractivity contribution is -0.134. The van der Waals surface area contributed by atoms with E-state index in [1.807, 2.05) is 12.1 Å². The highest BCUT2D eigenvalue weighted by atomic mass is 16.5. The number of ether oxygens (including phenoxy) is 1. The number of allylic oxidation sites excluding steroid dienone is 1. The topological polar surface area (TPSA) is 126 Å². The number of carbonyl (C=O) groups excluding carboxylic acids is 3. The average molecular weight is 576 g/mol. The van der Waals surface area contributed by atoms with Crippen molar-refractivity contribution in [1.29, 1.82) is 0 Å². The van der Waals surface area contributed by atoms with Crippen molar-refractivity contribution in [3.8, 4) is 0 Å². The van der Waals surface area contributed by atoms with Crippen LogP contribution in [0, 0.1) is 5.92 Å². The molecule has 0 saturated carbocycles. The number of amides is 2. The number of para-hydroxylation sites is 1. The van der Waals surface area contributed by atoms with E-state index < -0.39 is 12.1 Å². The lowest BCUT2D eigenvalue weighted by atomic mass is 10.00. The van der Waals surface area contributed by atoms with Crippen molar-refractivity contribution >= 4 is 28.6 Å². The molecule has 42 heavy (non-hydrogen) atoms. The minimum Gasteiger partial charge on any atom is -0.368 e. The normalized spacial score (nSPS) is 15.9. The number of pyridine rings is 1. The van der Waals surface area contributed by atoms with Gasteiger partial charge >= 0.3 is 0 Å². The summed E-state index contributed by atoms with van der Waals surface area (Å²) in [6.45, 7) is 5.08. The Morgan fingerprint density at radius 1 is 1.19 bits per heavy atom. The number of hydrogen-bond donors (Lipinski definition) is 2. The Kier molecular flexibility index (Phi) is 10.5. The van der Waals surface area contributed by atoms with Crippen LogP contribution in [0.25, 0.3) is 11.0 Å². The monoisotopic (exact) mass is 575 g/mol. The quantitative estimate of drug-likeness (QED) is 0.302. The molecule has 1 aromatic carbocycles. The van der Waals surface area contributed by atoms with E-state index in [1.54, 1.807) is 38.5 Å². The van der Waals surface area contributed by atoms with Gasteiger partial charge in [0.15, 0.2) is 5.78 Å². The molecular weight excluding hydrogens is 534 g/mol. The Morgan fingerprint density at radius 2 is 1.98 bits per heavy atom. The maximum absolute atomic E-state index is 13.4. The largest absolute Gasteiger partial charge is 0.368 e. The highest BCUT2D eigenvalue weighted by Crippen LogP contribution is 2.20. The van der Waals surface area contributed by atoms with Crippen LogP contribution in [0.3, 0.4) is 0 Å². The molecule has 3 heterocycles. The van der Waals surface area contributed by atoms with Crippen LogP contribution in [0.1, 0.15) is 56.5 Å². The number of benzene rings is 1. The Bertz CT molecular complexity index is 1500. The van der Waals surface area contributed by atoms with Crippen LogP contribution >= 0.6 is 0 Å². The van der Waals surface area contributed by atoms with Gasteiger partial charge < -0.3 is 24.5 Å². The van der Waals surface area contributed by atoms with Gasteiger partial charge in [0.2, 0.25) is 11.8 Å². The molecule has 2 amide bonds. The van der Waals surface area contributed by atoms with E-state index in [-0.39, 0.29) is 36.1 Å². The van der Waals surface area contributed by atoms with Crippen LogP contribution in [0.4, 0.5) is 0 Å². The van der Waals surface area contributed by atoms with Crippen LogP contribution in [0.2, 0.25) is 0 Å². The van der Waals surface area contributed by atoms with Crippen molar-refractivity contribution in [1.82, 2.24) is 24.8 Å². The molecule has 10 nitrogen and oxygen atoms in total. The van der Waals surface area contributed by atoms with Gasteiger partial charge in [-0.3, -0.25) is 19.2 Å². The number of imidazole rings is 1. The van der Waals surface area contributed by atoms with Gasteiger partial charge in [-0.05, 0) is 61.8 Å². The van der Waals surface area contributed by atoms with Gasteiger partial charge in [0.1, 0.15) is 11.9 Å². The van der Waals surface area contributed by atoms with E-state index in [1.165, 1.54) is 15.5 Å². The number of nitrogens with one attached hydrogen (secondary N) is 2. The Hall–Kier alpha value is -4.05. The van der Waals surface area contributed by atoms with Crippen molar-refractivity contribution in [2.75, 3.05) is 20.7 Å². The fraction of sp³-hybridized carbons (Fsp3) is 0.469. The number of aromatic amines is 1. The first-order chi connectivity index (χ1) is 20.1. The molecule has 1 saturated heterocycles. The maximum atomic E-state index is 13.4. The molecule has 224 valence electrons. The number of nitrogens with zero attached hydrogens (tertiary/aromatic N) is 3. The zero-order chi connectivity index (χ0) is 30.2. The van der Waals surface area contributed by atoms with E-state index in [4.69, 9.17) is 9.72 Å². The van der Waals surface area contributed by atoms with Gasteiger partial charge in [-0.15, -0.1) is 0 Å². The number of carbonyl (C=O) groups is 3. The van der Waals surface area contributed by atoms with Gasteiger partial charge in [0.25, 0.3) is 5.56 Å². The fourth-order valence-corrected chi connectivity index (χ4v) is 5.10. The first kappa shape index (κ1) is 30.9. The van der Waals surface area contributed by atoms with E-state index in [9.17, 15) is 19.2 Å². The second kappa shape index (κ2) is 14.2. The number of rotatable bonds is 13. The molecule has 2 N–H and O–H groups in total. The lowest BCUT2D eigenvalue weighted by Crippen LogP contribution is -2.46. The predicted molar refractivity (Wildman–Crippen MR) is 161 cm³/mol. The highest BCUT2D eigenvalue weighted by Gasteiger charge is 2.28. The molecule has 10 heteroatoms. The molecule has 0 spiro atoms. The Balaban J connectivity index is 1.49. The van der Waals surface area contributed by atoms with Crippen molar-refractivity contribution in [2.24, 2.45) is 5.92 Å². The van der Waals surface area contributed by atoms with Crippen LogP contribution in [0.15, 0.2) is 53.5 Å². The molecule has 0 aliphatic carbocycles. The molecular formula is C32H41N5O5. The van der Waals surface area contributed by atoms with Crippen LogP contribution in [0.5, 0.6) is 0 Å². The molecule has 2 atom stereocenters. The van der Waals surface area contributed by atoms with Gasteiger partial charge in [0, 0.05) is 38.9 Å². The average Bonchev–Trinajstić information content (AvgIpc) is 3.63. The van der Waals surface area contributed by atoms with Crippen LogP contribution < -0.4 is 10.9 Å². The number of aromatic nitrogens is 3. The first-order valence-electron chi connectivity index (χ1n) is 14.6. The van der Waals surface area contributed by atoms with Crippen molar-refractivity contribution in [3.05, 3.63) is 76.0 Å². The van der Waals surface area contributed by atoms with Crippen molar-refractivity contribution < 1.29 is 19.1 Å². The number of fused-ring (bicyclic) bond motifs is 1. The van der Waals surface area contributed by atoms with E-state index >= 15 is 0 Å². The summed E-state index contributed by atoms with van der Waals surface area (Å²) in [5.41, 5.74) is 3.05. The number of likely N-dealkylation sites (N-methyl/N-ethyl adjacent to an activating group) is 1. The SMILES string of the molecule is CC(C)Cc1cccc2[nH]c(Cn3cccc(CC(=O)[C@H](CC/C=C/C(=O)N(C)C)NC(=O)C4CCCO4)c3=O)nc12. The summed E-state index contributed by atoms with van der Waals surface area (Å²) in [4.78, 5) is 61.0. The third-order valence-electron chi connectivity index (χ3n) is 7.31. The van der Waals surface area contributed by atoms with Crippen molar-refractivity contribution in [3.63, 3.8) is 0 Å². The third kappa shape index (κ3) is 8.03. The smallest absolute Gasteiger partial charge is 0.254 e. The summed E-state index contributed by atoms with van der Waals surface area (Å²) in [6.07, 6.45) is 7.12. The predicted octanol–water partition coefficient (Wildman–Crippen LogP) is 3.17. The van der Waals surface area contributed by atoms with Gasteiger partial charge in [-0.25, -0.2) is 4.98 Å². The molecule has 3 aromatic rings. The molecule has 1 aliphatic heterocycles. The second-order valence-electron chi connectivity index (χ2n) is 11.5. The summed E-state index contributed by atoms with van der Waals surface area (Å²) < 4.78 is 7.03. The zero-order valence-electron chi connectivity index (χ0n) is 24.9. The second-order valence-corrected chi connectivity index (χ2v) is 11.5. The number of Topliss-reactive ketones (excluding diaryl/α,β-unsaturated/α-hetero) is 1. The van der Waals surface area contributed by atoms with Gasteiger partial charge in [-0.2, -0.15) is 0 Å². The van der Waals surface area contributed by atoms with Crippen LogP contribution in [-0.4, -0.2) is 69.9 Å². The Labute approximate surface area is 246 Å². The standard InChI is InChI=1S/C32H41N5O5/c1-21(2)18-22-10-7-13-25-30(22)35-28(33-25)20-37-16-8-11-23(32(37)41)19-26(38)24(12-5-6-15-29(39)36(3)4)34-31(40)27-14-9-17-42-27/h6-8,10-11,13,15-16,21,24,27H,5,9,12,14,17-20H2,1-4H3,(H,33,35)(H,34,40)/b15-6+/t24-,27?/m0/s1. The number of hydrogen-bond acceptors (Lipinski definition) is 6. The fourth-order valence-electron chi connectivity index (χ4n) is 5.10. The molecule has 4 rings (SSSR count). The first-order valence-corrected chi connectivity index (χ1v) is 14.6. The summed E-state index contributed by atoms with van der Waals surface area (Å²) in [6, 6.07) is 8.63. The van der Waals surface area contributed by atoms with E-state index in [0.717, 1.165) is 29.4 Å². The summed E-state index contributed by atoms with van der Waals surface area (Å²) in [5.74, 6) is 0.389. The lowest BCUT2D eigenvalue weighted by Gasteiger charge is -2.19. The summed E-state index contributed by atoms with van der Waals surface area (Å²) >= 11 is 0. The minimum atomic E-state index is -0.816. The number of ketones is 1. The maximum Gasteiger partial charge on any atom is 0.254 e.